The summed E-state index contributed by atoms with van der Waals surface area (Å²) in [5.74, 6) is 31.3. The second-order valence-corrected chi connectivity index (χ2v) is 37.9. The number of rotatable bonds is 36. The molecule has 2 aliphatic heterocycles. The van der Waals surface area contributed by atoms with Gasteiger partial charge in [0.15, 0.2) is 0 Å². The highest BCUT2D eigenvalue weighted by molar-refractivity contribution is 5.99. The summed E-state index contributed by atoms with van der Waals surface area (Å²) >= 11 is 0. The van der Waals surface area contributed by atoms with E-state index < -0.39 is 0 Å². The third-order valence-electron chi connectivity index (χ3n) is 22.4. The average Bonchev–Trinajstić information content (AvgIpc) is 1.59. The minimum absolute atomic E-state index is 0.0166. The van der Waals surface area contributed by atoms with Gasteiger partial charge in [0.1, 0.15) is 23.0 Å². The lowest BCUT2D eigenvalue weighted by Gasteiger charge is -2.25. The Bertz CT molecular complexity index is 4980. The van der Waals surface area contributed by atoms with Gasteiger partial charge in [0.2, 0.25) is 0 Å². The molecule has 638 valence electrons. The molecule has 3 aromatic heterocycles. The minimum Gasteiger partial charge on any atom is -0.493 e. The van der Waals surface area contributed by atoms with Crippen LogP contribution in [0.3, 0.4) is 0 Å². The topological polar surface area (TPSA) is 101 Å². The van der Waals surface area contributed by atoms with Crippen LogP contribution in [0, 0.1) is 69.0 Å². The monoisotopic (exact) mass is 1630 g/mol. The third-order valence-corrected chi connectivity index (χ3v) is 22.4. The summed E-state index contributed by atoms with van der Waals surface area (Å²) in [6.45, 7) is 42.4. The van der Waals surface area contributed by atoms with Crippen LogP contribution in [0.1, 0.15) is 306 Å². The summed E-state index contributed by atoms with van der Waals surface area (Å²) in [7, 11) is 0. The molecule has 0 aliphatic carbocycles. The molecule has 11 rings (SSSR count). The first-order valence-electron chi connectivity index (χ1n) is 45.7. The highest BCUT2D eigenvalue weighted by atomic mass is 16.5. The van der Waals surface area contributed by atoms with Crippen LogP contribution >= 0.6 is 0 Å². The number of unbranched alkanes of at least 4 members (excludes halogenated alkanes) is 12. The third kappa shape index (κ3) is 28.0. The highest BCUT2D eigenvalue weighted by Crippen LogP contribution is 2.47. The molecule has 9 aromatic rings. The summed E-state index contributed by atoms with van der Waals surface area (Å²) in [4.78, 5) is 24.6. The summed E-state index contributed by atoms with van der Waals surface area (Å²) in [5, 5.41) is 0. The molecule has 0 radical (unpaired) electrons. The lowest BCUT2D eigenvalue weighted by atomic mass is 9.93. The number of ether oxygens (including phenoxy) is 4. The van der Waals surface area contributed by atoms with Crippen LogP contribution < -0.4 is 28.7 Å². The first-order chi connectivity index (χ1) is 58.8. The van der Waals surface area contributed by atoms with Gasteiger partial charge in [-0.3, -0.25) is 0 Å². The Hall–Kier alpha value is -11.0. The van der Waals surface area contributed by atoms with Crippen LogP contribution in [-0.2, 0) is 0 Å². The van der Waals surface area contributed by atoms with E-state index in [0.717, 1.165) is 130 Å². The molecule has 0 unspecified atom stereocenters. The average molecular weight is 1630 g/mol. The van der Waals surface area contributed by atoms with Crippen LogP contribution in [-0.4, -0.2) is 72.5 Å². The molecule has 0 saturated heterocycles. The van der Waals surface area contributed by atoms with E-state index in [-0.39, 0.29) is 21.7 Å². The number of hydrogen-bond acceptors (Lipinski definition) is 8. The van der Waals surface area contributed by atoms with Gasteiger partial charge in [-0.25, -0.2) is 9.97 Å². The Kier molecular flexibility index (Phi) is 33.6. The number of nitrogens with one attached hydrogen (secondary N) is 2. The standard InChI is InChI=1S/C112H136N6O4/c1-17-21-25-29-75-117(76-30-26-22-18-2)89-57-51-87(52-58-89)49-43-83-39-45-85(46-40-83)55-61-91-93-63-67-97(113-93)105(107-101(119-79-71-109(5,6)7)35-33-36-102(107)120-80-72-110(8,9)10)99-69-65-95(115-99)92(62-56-86-47-41-84(42-48-86)44-50-88-53-59-90(60-54-88)118(77-31-27-23-19-3)78-32-28-24-20-4)96-66-70-100(116-96)106(98-68-64-94(91)114-98)108-103(121-81-73-111(11,12)13)37-34-38-104(108)122-82-74-112(14,15)16/h33-42,45-48,51-54,57-60,63-70,113,116H,17-32,71-82H2,1-16H3. The predicted octanol–water partition coefficient (Wildman–Crippen LogP) is 28.8. The van der Waals surface area contributed by atoms with Crippen LogP contribution in [0.5, 0.6) is 23.0 Å². The van der Waals surface area contributed by atoms with Crippen molar-refractivity contribution in [2.45, 2.75) is 239 Å². The Balaban J connectivity index is 1.09. The summed E-state index contributed by atoms with van der Waals surface area (Å²) in [6.07, 6.45) is 31.7. The zero-order valence-electron chi connectivity index (χ0n) is 76.5. The van der Waals surface area contributed by atoms with Crippen molar-refractivity contribution in [3.8, 4) is 92.6 Å². The second kappa shape index (κ2) is 44.7. The Labute approximate surface area is 733 Å². The largest absolute Gasteiger partial charge is 0.493 e. The van der Waals surface area contributed by atoms with Crippen molar-refractivity contribution in [2.24, 2.45) is 21.7 Å². The van der Waals surface area contributed by atoms with Gasteiger partial charge in [0, 0.05) is 93.1 Å². The van der Waals surface area contributed by atoms with Gasteiger partial charge < -0.3 is 38.7 Å². The van der Waals surface area contributed by atoms with Gasteiger partial charge >= 0.3 is 0 Å². The molecule has 8 bridgehead atoms. The number of aromatic amines is 2. The first-order valence-corrected chi connectivity index (χ1v) is 45.7. The van der Waals surface area contributed by atoms with E-state index >= 15 is 0 Å². The minimum atomic E-state index is 0.0166. The molecule has 0 fully saturated rings. The van der Waals surface area contributed by atoms with Gasteiger partial charge in [-0.1, -0.05) is 247 Å². The van der Waals surface area contributed by atoms with Gasteiger partial charge in [-0.05, 0) is 243 Å². The van der Waals surface area contributed by atoms with Crippen LogP contribution in [0.25, 0.3) is 68.6 Å². The molecule has 5 heterocycles. The van der Waals surface area contributed by atoms with E-state index in [9.17, 15) is 0 Å². The fraction of sp³-hybridized carbons (Fsp3) is 0.429. The fourth-order valence-corrected chi connectivity index (χ4v) is 14.9. The maximum Gasteiger partial charge on any atom is 0.131 e. The zero-order chi connectivity index (χ0) is 86.5. The summed E-state index contributed by atoms with van der Waals surface area (Å²) < 4.78 is 28.0. The van der Waals surface area contributed by atoms with E-state index in [1.807, 2.05) is 12.1 Å². The molecule has 6 aromatic carbocycles. The number of benzene rings is 6. The predicted molar refractivity (Wildman–Crippen MR) is 519 cm³/mol. The molecular weight excluding hydrogens is 1490 g/mol. The molecule has 0 spiro atoms. The molecule has 0 atom stereocenters. The molecule has 122 heavy (non-hydrogen) atoms. The van der Waals surface area contributed by atoms with Gasteiger partial charge in [-0.2, -0.15) is 0 Å². The Morgan fingerprint density at radius 1 is 0.270 bits per heavy atom. The summed E-state index contributed by atoms with van der Waals surface area (Å²) in [5.41, 5.74) is 18.4. The normalized spacial score (nSPS) is 11.9. The zero-order valence-corrected chi connectivity index (χ0v) is 76.5. The van der Waals surface area contributed by atoms with Gasteiger partial charge in [0.25, 0.3) is 0 Å². The van der Waals surface area contributed by atoms with E-state index in [1.165, 1.54) is 114 Å². The quantitative estimate of drug-likeness (QED) is 0.0296. The van der Waals surface area contributed by atoms with Crippen molar-refractivity contribution >= 4 is 57.7 Å². The van der Waals surface area contributed by atoms with Crippen molar-refractivity contribution in [3.63, 3.8) is 0 Å². The van der Waals surface area contributed by atoms with Crippen molar-refractivity contribution in [1.29, 1.82) is 0 Å². The molecule has 2 N–H and O–H groups in total. The first kappa shape index (κ1) is 91.7. The maximum atomic E-state index is 7.01. The highest BCUT2D eigenvalue weighted by Gasteiger charge is 2.27. The van der Waals surface area contributed by atoms with Crippen molar-refractivity contribution in [3.05, 3.63) is 225 Å². The Morgan fingerprint density at radius 3 is 0.779 bits per heavy atom. The maximum absolute atomic E-state index is 7.01. The molecule has 10 heteroatoms. The number of nitrogens with zero attached hydrogens (tertiary/aromatic N) is 4. The SMILES string of the molecule is CCCCCCN(CCCCCC)c1ccc(C#Cc2ccc(C#Cc3c4nc(c(-c5c(OCCC(C)(C)C)cccc5OCCC(C)(C)C)c5ccc([nH]5)c(C#Cc5ccc(C#Cc6ccc(N(CCCCCC)CCCCCC)cc6)cc5)c5nc(c(-c6c(OCCC(C)(C)C)cccc6OCCC(C)(C)C)c6ccc3[nH]6)C=C5)C=C4)cc2)cc1. The molecule has 2 aliphatic rings. The van der Waals surface area contributed by atoms with E-state index in [2.05, 4.69) is 348 Å². The molecular formula is C112H136N6O4. The van der Waals surface area contributed by atoms with Gasteiger partial charge in [0.05, 0.1) is 82.5 Å². The molecule has 0 amide bonds. The van der Waals surface area contributed by atoms with E-state index in [0.29, 0.717) is 83.3 Å². The summed E-state index contributed by atoms with van der Waals surface area (Å²) in [6, 6.07) is 55.0. The second-order valence-electron chi connectivity index (χ2n) is 37.9. The van der Waals surface area contributed by atoms with Crippen LogP contribution in [0.4, 0.5) is 11.4 Å². The van der Waals surface area contributed by atoms with Crippen molar-refractivity contribution in [1.82, 2.24) is 19.9 Å². The smallest absolute Gasteiger partial charge is 0.131 e. The number of anilines is 2. The van der Waals surface area contributed by atoms with Crippen molar-refractivity contribution < 1.29 is 18.9 Å². The fourth-order valence-electron chi connectivity index (χ4n) is 14.9. The van der Waals surface area contributed by atoms with Crippen molar-refractivity contribution in [2.75, 3.05) is 62.4 Å². The lowest BCUT2D eigenvalue weighted by molar-refractivity contribution is 0.235. The van der Waals surface area contributed by atoms with Crippen LogP contribution in [0.15, 0.2) is 158 Å². The van der Waals surface area contributed by atoms with E-state index in [1.54, 1.807) is 0 Å². The Morgan fingerprint density at radius 2 is 0.516 bits per heavy atom. The molecule has 0 saturated carbocycles. The van der Waals surface area contributed by atoms with Crippen LogP contribution in [0.2, 0.25) is 0 Å². The molecule has 10 nitrogen and oxygen atoms in total. The van der Waals surface area contributed by atoms with Gasteiger partial charge in [-0.15, -0.1) is 0 Å². The lowest BCUT2D eigenvalue weighted by Crippen LogP contribution is -2.25. The van der Waals surface area contributed by atoms with E-state index in [4.69, 9.17) is 28.9 Å². The number of fused-ring (bicyclic) bond motifs is 8. The number of aromatic nitrogens is 4. The number of H-pyrrole nitrogens is 2. The number of hydrogen-bond donors (Lipinski definition) is 2.